The molecule has 0 rings (SSSR count). The molecule has 46 valence electrons. The van der Waals surface area contributed by atoms with E-state index >= 15 is 0 Å². The van der Waals surface area contributed by atoms with Gasteiger partial charge in [-0.25, -0.2) is 0 Å². The van der Waals surface area contributed by atoms with Gasteiger partial charge in [0.25, 0.3) is 0 Å². The molecule has 0 saturated carbocycles. The topological polar surface area (TPSA) is 17.1 Å². The first-order chi connectivity index (χ1) is 3.72. The first-order valence-electron chi connectivity index (χ1n) is 2.43. The van der Waals surface area contributed by atoms with Crippen LogP contribution in [0.2, 0.25) is 0 Å². The Bertz CT molecular complexity index is 116. The summed E-state index contributed by atoms with van der Waals surface area (Å²) in [7, 11) is 0. The van der Waals surface area contributed by atoms with Crippen LogP contribution < -0.4 is 0 Å². The SMILES string of the molecule is CC=C(SC)C(C)=O. The van der Waals surface area contributed by atoms with Crippen molar-refractivity contribution in [3.63, 3.8) is 0 Å². The Morgan fingerprint density at radius 3 is 2.12 bits per heavy atom. The predicted molar refractivity (Wildman–Crippen MR) is 38.0 cm³/mol. The Morgan fingerprint density at radius 1 is 1.62 bits per heavy atom. The Kier molecular flexibility index (Phi) is 3.61. The van der Waals surface area contributed by atoms with E-state index in [9.17, 15) is 4.79 Å². The highest BCUT2D eigenvalue weighted by Gasteiger charge is 1.96. The van der Waals surface area contributed by atoms with E-state index in [0.29, 0.717) is 0 Å². The van der Waals surface area contributed by atoms with E-state index in [1.54, 1.807) is 6.92 Å². The average molecular weight is 130 g/mol. The smallest absolute Gasteiger partial charge is 0.165 e. The van der Waals surface area contributed by atoms with Gasteiger partial charge in [-0.05, 0) is 20.1 Å². The number of carbonyl (C=O) groups is 1. The van der Waals surface area contributed by atoms with Crippen molar-refractivity contribution in [2.45, 2.75) is 13.8 Å². The number of hydrogen-bond donors (Lipinski definition) is 0. The molecular formula is C6H10OS. The molecule has 0 aliphatic rings. The van der Waals surface area contributed by atoms with E-state index in [1.807, 2.05) is 19.3 Å². The van der Waals surface area contributed by atoms with Gasteiger partial charge in [0.15, 0.2) is 5.78 Å². The summed E-state index contributed by atoms with van der Waals surface area (Å²) in [5, 5.41) is 0. The molecule has 0 aromatic carbocycles. The maximum absolute atomic E-state index is 10.5. The second kappa shape index (κ2) is 3.72. The zero-order valence-electron chi connectivity index (χ0n) is 5.39. The normalized spacial score (nSPS) is 11.6. The summed E-state index contributed by atoms with van der Waals surface area (Å²) in [6.45, 7) is 3.44. The van der Waals surface area contributed by atoms with Crippen molar-refractivity contribution in [1.82, 2.24) is 0 Å². The summed E-state index contributed by atoms with van der Waals surface area (Å²) in [4.78, 5) is 11.4. The monoisotopic (exact) mass is 130 g/mol. The third-order valence-corrected chi connectivity index (χ3v) is 1.79. The summed E-state index contributed by atoms with van der Waals surface area (Å²) in [6, 6.07) is 0. The summed E-state index contributed by atoms with van der Waals surface area (Å²) < 4.78 is 0. The zero-order valence-corrected chi connectivity index (χ0v) is 6.21. The van der Waals surface area contributed by atoms with Crippen LogP contribution in [0.4, 0.5) is 0 Å². The molecular weight excluding hydrogens is 120 g/mol. The third kappa shape index (κ3) is 2.17. The largest absolute Gasteiger partial charge is 0.294 e. The lowest BCUT2D eigenvalue weighted by atomic mass is 10.4. The minimum absolute atomic E-state index is 0.153. The van der Waals surface area contributed by atoms with E-state index in [0.717, 1.165) is 4.91 Å². The molecule has 0 spiro atoms. The quantitative estimate of drug-likeness (QED) is 0.530. The van der Waals surface area contributed by atoms with Crippen molar-refractivity contribution in [2.75, 3.05) is 6.26 Å². The second-order valence-electron chi connectivity index (χ2n) is 1.41. The first kappa shape index (κ1) is 7.76. The number of carbonyl (C=O) groups excluding carboxylic acids is 1. The van der Waals surface area contributed by atoms with Gasteiger partial charge in [0, 0.05) is 4.91 Å². The number of rotatable bonds is 2. The van der Waals surface area contributed by atoms with Crippen LogP contribution in [0, 0.1) is 0 Å². The second-order valence-corrected chi connectivity index (χ2v) is 2.26. The van der Waals surface area contributed by atoms with Gasteiger partial charge in [0.1, 0.15) is 0 Å². The molecule has 0 bridgehead atoms. The Hall–Kier alpha value is -0.240. The van der Waals surface area contributed by atoms with E-state index in [1.165, 1.54) is 11.8 Å². The van der Waals surface area contributed by atoms with Crippen molar-refractivity contribution < 1.29 is 4.79 Å². The van der Waals surface area contributed by atoms with Gasteiger partial charge in [0.2, 0.25) is 0 Å². The number of Topliss-reactive ketones (excluding diaryl/α,β-unsaturated/α-hetero) is 1. The molecule has 8 heavy (non-hydrogen) atoms. The van der Waals surface area contributed by atoms with Gasteiger partial charge in [-0.3, -0.25) is 4.79 Å². The molecule has 0 aromatic heterocycles. The maximum atomic E-state index is 10.5. The molecule has 0 aliphatic carbocycles. The average Bonchev–Trinajstić information content (AvgIpc) is 1.69. The maximum Gasteiger partial charge on any atom is 0.165 e. The van der Waals surface area contributed by atoms with Gasteiger partial charge >= 0.3 is 0 Å². The summed E-state index contributed by atoms with van der Waals surface area (Å²) in [5.74, 6) is 0.153. The molecule has 0 amide bonds. The van der Waals surface area contributed by atoms with Crippen molar-refractivity contribution in [3.05, 3.63) is 11.0 Å². The van der Waals surface area contributed by atoms with Crippen molar-refractivity contribution in [2.24, 2.45) is 0 Å². The highest BCUT2D eigenvalue weighted by Crippen LogP contribution is 2.10. The molecule has 2 heteroatoms. The summed E-state index contributed by atoms with van der Waals surface area (Å²) in [6.07, 6.45) is 3.73. The molecule has 0 aromatic rings. The molecule has 0 heterocycles. The van der Waals surface area contributed by atoms with E-state index in [2.05, 4.69) is 0 Å². The van der Waals surface area contributed by atoms with Gasteiger partial charge in [-0.2, -0.15) is 0 Å². The molecule has 0 unspecified atom stereocenters. The Morgan fingerprint density at radius 2 is 2.12 bits per heavy atom. The highest BCUT2D eigenvalue weighted by molar-refractivity contribution is 8.03. The fraction of sp³-hybridized carbons (Fsp3) is 0.500. The van der Waals surface area contributed by atoms with Crippen molar-refractivity contribution in [1.29, 1.82) is 0 Å². The lowest BCUT2D eigenvalue weighted by molar-refractivity contribution is -0.112. The highest BCUT2D eigenvalue weighted by atomic mass is 32.2. The predicted octanol–water partition coefficient (Wildman–Crippen LogP) is 1.84. The minimum atomic E-state index is 0.153. The molecule has 0 fully saturated rings. The van der Waals surface area contributed by atoms with Crippen molar-refractivity contribution in [3.8, 4) is 0 Å². The van der Waals surface area contributed by atoms with Crippen LogP contribution in [0.15, 0.2) is 11.0 Å². The molecule has 0 aliphatic heterocycles. The number of allylic oxidation sites excluding steroid dienone is 2. The fourth-order valence-electron chi connectivity index (χ4n) is 0.465. The summed E-state index contributed by atoms with van der Waals surface area (Å²) >= 11 is 1.49. The van der Waals surface area contributed by atoms with Crippen LogP contribution in [-0.4, -0.2) is 12.0 Å². The van der Waals surface area contributed by atoms with E-state index in [4.69, 9.17) is 0 Å². The summed E-state index contributed by atoms with van der Waals surface area (Å²) in [5.41, 5.74) is 0. The fourth-order valence-corrected chi connectivity index (χ4v) is 0.988. The van der Waals surface area contributed by atoms with E-state index in [-0.39, 0.29) is 5.78 Å². The molecule has 0 radical (unpaired) electrons. The molecule has 0 N–H and O–H groups in total. The minimum Gasteiger partial charge on any atom is -0.294 e. The van der Waals surface area contributed by atoms with Gasteiger partial charge in [0.05, 0.1) is 0 Å². The van der Waals surface area contributed by atoms with Crippen LogP contribution in [0.25, 0.3) is 0 Å². The Labute approximate surface area is 54.2 Å². The first-order valence-corrected chi connectivity index (χ1v) is 3.66. The standard InChI is InChI=1S/C6H10OS/c1-4-6(8-3)5(2)7/h4H,1-3H3. The molecule has 0 saturated heterocycles. The van der Waals surface area contributed by atoms with Crippen LogP contribution in [-0.2, 0) is 4.79 Å². The van der Waals surface area contributed by atoms with E-state index < -0.39 is 0 Å². The lowest BCUT2D eigenvalue weighted by Crippen LogP contribution is -1.89. The Balaban J connectivity index is 3.92. The van der Waals surface area contributed by atoms with Crippen molar-refractivity contribution >= 4 is 17.5 Å². The van der Waals surface area contributed by atoms with Gasteiger partial charge in [-0.1, -0.05) is 6.08 Å². The van der Waals surface area contributed by atoms with Crippen LogP contribution in [0.1, 0.15) is 13.8 Å². The third-order valence-electron chi connectivity index (χ3n) is 0.829. The molecule has 1 nitrogen and oxygen atoms in total. The van der Waals surface area contributed by atoms with Crippen LogP contribution in [0.3, 0.4) is 0 Å². The number of thioether (sulfide) groups is 1. The molecule has 0 atom stereocenters. The van der Waals surface area contributed by atoms with Gasteiger partial charge < -0.3 is 0 Å². The zero-order chi connectivity index (χ0) is 6.57. The van der Waals surface area contributed by atoms with Crippen LogP contribution >= 0.6 is 11.8 Å². The number of ketones is 1. The lowest BCUT2D eigenvalue weighted by Gasteiger charge is -1.92. The van der Waals surface area contributed by atoms with Gasteiger partial charge in [-0.15, -0.1) is 11.8 Å². The van der Waals surface area contributed by atoms with Crippen LogP contribution in [0.5, 0.6) is 0 Å². The number of hydrogen-bond acceptors (Lipinski definition) is 2.